The Labute approximate surface area is 121 Å². The Morgan fingerprint density at radius 1 is 1.33 bits per heavy atom. The first kappa shape index (κ1) is 14.7. The average Bonchev–Trinajstić information content (AvgIpc) is 2.87. The number of H-pyrrole nitrogens is 1. The summed E-state index contributed by atoms with van der Waals surface area (Å²) >= 11 is 0. The van der Waals surface area contributed by atoms with Gasteiger partial charge in [-0.25, -0.2) is 0 Å². The van der Waals surface area contributed by atoms with Crippen LogP contribution in [0.4, 0.5) is 11.5 Å². The molecule has 2 rings (SSSR count). The lowest BCUT2D eigenvalue weighted by Crippen LogP contribution is -2.14. The van der Waals surface area contributed by atoms with Gasteiger partial charge in [-0.3, -0.25) is 20.0 Å². The Balaban J connectivity index is 2.23. The quantitative estimate of drug-likeness (QED) is 0.669. The predicted molar refractivity (Wildman–Crippen MR) is 78.3 cm³/mol. The van der Waals surface area contributed by atoms with Crippen LogP contribution in [-0.2, 0) is 5.41 Å². The van der Waals surface area contributed by atoms with E-state index in [-0.39, 0.29) is 16.7 Å². The second-order valence-electron chi connectivity index (χ2n) is 5.65. The van der Waals surface area contributed by atoms with E-state index in [1.165, 1.54) is 18.2 Å². The lowest BCUT2D eigenvalue weighted by molar-refractivity contribution is -0.385. The van der Waals surface area contributed by atoms with Crippen molar-refractivity contribution < 1.29 is 9.72 Å². The van der Waals surface area contributed by atoms with Gasteiger partial charge in [0.05, 0.1) is 4.92 Å². The molecule has 110 valence electrons. The van der Waals surface area contributed by atoms with Crippen molar-refractivity contribution in [2.75, 3.05) is 5.32 Å². The van der Waals surface area contributed by atoms with Crippen molar-refractivity contribution in [1.29, 1.82) is 0 Å². The number of aromatic amines is 1. The first-order valence-electron chi connectivity index (χ1n) is 6.39. The molecule has 0 saturated heterocycles. The molecule has 0 atom stereocenters. The van der Waals surface area contributed by atoms with Crippen molar-refractivity contribution in [3.05, 3.63) is 51.7 Å². The number of benzene rings is 1. The molecule has 0 bridgehead atoms. The molecule has 1 heterocycles. The maximum absolute atomic E-state index is 12.1. The largest absolute Gasteiger partial charge is 0.305 e. The molecule has 2 aromatic rings. The molecular weight excluding hydrogens is 272 g/mol. The van der Waals surface area contributed by atoms with Crippen molar-refractivity contribution in [2.45, 2.75) is 26.2 Å². The standard InChI is InChI=1S/C14H16N4O3/c1-14(2,3)11-8-12(17-16-11)15-13(19)9-6-4-5-7-10(9)18(20)21/h4-8H,1-3H3,(H2,15,16,17,19). The van der Waals surface area contributed by atoms with E-state index in [4.69, 9.17) is 0 Å². The van der Waals surface area contributed by atoms with Crippen LogP contribution in [0.25, 0.3) is 0 Å². The number of nitro groups is 1. The predicted octanol–water partition coefficient (Wildman–Crippen LogP) is 2.87. The number of carbonyl (C=O) groups excluding carboxylic acids is 1. The van der Waals surface area contributed by atoms with Gasteiger partial charge in [-0.2, -0.15) is 5.10 Å². The van der Waals surface area contributed by atoms with Crippen molar-refractivity contribution in [1.82, 2.24) is 10.2 Å². The van der Waals surface area contributed by atoms with Gasteiger partial charge in [-0.1, -0.05) is 32.9 Å². The molecule has 0 saturated carbocycles. The number of para-hydroxylation sites is 1. The van der Waals surface area contributed by atoms with Crippen molar-refractivity contribution in [2.24, 2.45) is 0 Å². The van der Waals surface area contributed by atoms with Gasteiger partial charge in [0.2, 0.25) is 0 Å². The van der Waals surface area contributed by atoms with Crippen LogP contribution in [-0.4, -0.2) is 21.0 Å². The topological polar surface area (TPSA) is 101 Å². The molecule has 1 aromatic heterocycles. The number of nitro benzene ring substituents is 1. The summed E-state index contributed by atoms with van der Waals surface area (Å²) < 4.78 is 0. The second kappa shape index (κ2) is 5.35. The number of carbonyl (C=O) groups is 1. The van der Waals surface area contributed by atoms with Crippen LogP contribution in [0, 0.1) is 10.1 Å². The van der Waals surface area contributed by atoms with E-state index >= 15 is 0 Å². The number of hydrogen-bond acceptors (Lipinski definition) is 4. The van der Waals surface area contributed by atoms with Crippen LogP contribution < -0.4 is 5.32 Å². The van der Waals surface area contributed by atoms with Crippen LogP contribution in [0.15, 0.2) is 30.3 Å². The molecule has 0 aliphatic rings. The molecule has 7 heteroatoms. The lowest BCUT2D eigenvalue weighted by atomic mass is 9.92. The summed E-state index contributed by atoms with van der Waals surface area (Å²) in [7, 11) is 0. The van der Waals surface area contributed by atoms with E-state index in [0.29, 0.717) is 5.82 Å². The maximum atomic E-state index is 12.1. The summed E-state index contributed by atoms with van der Waals surface area (Å²) in [6, 6.07) is 7.51. The summed E-state index contributed by atoms with van der Waals surface area (Å²) in [5, 5.41) is 20.3. The Bertz CT molecular complexity index is 686. The summed E-state index contributed by atoms with van der Waals surface area (Å²) in [5.41, 5.74) is 0.499. The third-order valence-electron chi connectivity index (χ3n) is 2.97. The van der Waals surface area contributed by atoms with Crippen LogP contribution in [0.1, 0.15) is 36.8 Å². The molecule has 1 amide bonds. The van der Waals surface area contributed by atoms with Crippen molar-refractivity contribution >= 4 is 17.4 Å². The highest BCUT2D eigenvalue weighted by atomic mass is 16.6. The second-order valence-corrected chi connectivity index (χ2v) is 5.65. The Morgan fingerprint density at radius 2 is 2.00 bits per heavy atom. The fourth-order valence-corrected chi connectivity index (χ4v) is 1.78. The van der Waals surface area contributed by atoms with Gasteiger partial charge in [-0.05, 0) is 6.07 Å². The first-order chi connectivity index (χ1) is 9.79. The number of nitrogens with zero attached hydrogens (tertiary/aromatic N) is 2. The molecule has 7 nitrogen and oxygen atoms in total. The molecule has 2 N–H and O–H groups in total. The fourth-order valence-electron chi connectivity index (χ4n) is 1.78. The first-order valence-corrected chi connectivity index (χ1v) is 6.39. The third kappa shape index (κ3) is 3.25. The van der Waals surface area contributed by atoms with Gasteiger partial charge in [0.25, 0.3) is 11.6 Å². The Morgan fingerprint density at radius 3 is 2.57 bits per heavy atom. The van der Waals surface area contributed by atoms with Gasteiger partial charge < -0.3 is 5.32 Å². The monoisotopic (exact) mass is 288 g/mol. The number of anilines is 1. The van der Waals surface area contributed by atoms with Gasteiger partial charge in [0.1, 0.15) is 5.56 Å². The number of aromatic nitrogens is 2. The Kier molecular flexibility index (Phi) is 3.75. The highest BCUT2D eigenvalue weighted by Gasteiger charge is 2.21. The van der Waals surface area contributed by atoms with E-state index in [1.807, 2.05) is 20.8 Å². The molecule has 0 aliphatic carbocycles. The summed E-state index contributed by atoms with van der Waals surface area (Å²) in [6.07, 6.45) is 0. The van der Waals surface area contributed by atoms with E-state index in [0.717, 1.165) is 5.69 Å². The number of hydrogen-bond donors (Lipinski definition) is 2. The zero-order chi connectivity index (χ0) is 15.6. The van der Waals surface area contributed by atoms with Crippen LogP contribution >= 0.6 is 0 Å². The SMILES string of the molecule is CC(C)(C)c1cc(NC(=O)c2ccccc2[N+](=O)[O-])n[nH]1. The van der Waals surface area contributed by atoms with Crippen LogP contribution in [0.5, 0.6) is 0 Å². The van der Waals surface area contributed by atoms with Gasteiger partial charge in [-0.15, -0.1) is 0 Å². The van der Waals surface area contributed by atoms with Crippen molar-refractivity contribution in [3.8, 4) is 0 Å². The molecule has 21 heavy (non-hydrogen) atoms. The smallest absolute Gasteiger partial charge is 0.282 e. The number of rotatable bonds is 3. The van der Waals surface area contributed by atoms with Gasteiger partial charge in [0, 0.05) is 23.2 Å². The van der Waals surface area contributed by atoms with Gasteiger partial charge >= 0.3 is 0 Å². The van der Waals surface area contributed by atoms with E-state index in [1.54, 1.807) is 12.1 Å². The van der Waals surface area contributed by atoms with Crippen LogP contribution in [0.2, 0.25) is 0 Å². The summed E-state index contributed by atoms with van der Waals surface area (Å²) in [4.78, 5) is 22.5. The molecule has 0 unspecified atom stereocenters. The van der Waals surface area contributed by atoms with E-state index in [2.05, 4.69) is 15.5 Å². The zero-order valence-corrected chi connectivity index (χ0v) is 12.0. The molecule has 1 aromatic carbocycles. The summed E-state index contributed by atoms with van der Waals surface area (Å²) in [5.74, 6) is -0.225. The molecule has 0 aliphatic heterocycles. The fraction of sp³-hybridized carbons (Fsp3) is 0.286. The average molecular weight is 288 g/mol. The lowest BCUT2D eigenvalue weighted by Gasteiger charge is -2.14. The van der Waals surface area contributed by atoms with Gasteiger partial charge in [0.15, 0.2) is 5.82 Å². The normalized spacial score (nSPS) is 11.2. The summed E-state index contributed by atoms with van der Waals surface area (Å²) in [6.45, 7) is 6.02. The van der Waals surface area contributed by atoms with E-state index < -0.39 is 10.8 Å². The zero-order valence-electron chi connectivity index (χ0n) is 12.0. The third-order valence-corrected chi connectivity index (χ3v) is 2.97. The molecular formula is C14H16N4O3. The van der Waals surface area contributed by atoms with E-state index in [9.17, 15) is 14.9 Å². The Hall–Kier alpha value is -2.70. The minimum absolute atomic E-state index is 0.00260. The molecule has 0 spiro atoms. The van der Waals surface area contributed by atoms with Crippen LogP contribution in [0.3, 0.4) is 0 Å². The molecule has 0 radical (unpaired) electrons. The maximum Gasteiger partial charge on any atom is 0.282 e. The minimum atomic E-state index is -0.583. The number of nitrogens with one attached hydrogen (secondary N) is 2. The highest BCUT2D eigenvalue weighted by Crippen LogP contribution is 2.23. The minimum Gasteiger partial charge on any atom is -0.305 e. The molecule has 0 fully saturated rings. The highest BCUT2D eigenvalue weighted by molar-refractivity contribution is 6.06. The van der Waals surface area contributed by atoms with Crippen molar-refractivity contribution in [3.63, 3.8) is 0 Å². The number of amides is 1.